The first-order chi connectivity index (χ1) is 8.11. The Morgan fingerprint density at radius 3 is 1.76 bits per heavy atom. The van der Waals surface area contributed by atoms with Crippen molar-refractivity contribution in [2.75, 3.05) is 13.2 Å². The zero-order chi connectivity index (χ0) is 12.4. The molecule has 2 fully saturated rings. The third-order valence-electron chi connectivity index (χ3n) is 5.03. The smallest absolute Gasteiger partial charge is 0.150 e. The second kappa shape index (κ2) is 5.83. The van der Waals surface area contributed by atoms with E-state index in [9.17, 15) is 0 Å². The van der Waals surface area contributed by atoms with E-state index in [1.165, 1.54) is 19.3 Å². The van der Waals surface area contributed by atoms with E-state index in [0.717, 1.165) is 18.4 Å². The van der Waals surface area contributed by atoms with Crippen molar-refractivity contribution in [3.8, 4) is 0 Å². The molecule has 2 saturated heterocycles. The van der Waals surface area contributed by atoms with Crippen molar-refractivity contribution in [3.05, 3.63) is 0 Å². The van der Waals surface area contributed by atoms with Gasteiger partial charge in [-0.15, -0.1) is 0 Å². The SMILES string of the molecule is CCC([Si]1(C)CCCO[SiH2]1)[Si]1(C)CCCO[SiH2]1. The summed E-state index contributed by atoms with van der Waals surface area (Å²) in [5.41, 5.74) is 0. The third kappa shape index (κ3) is 3.03. The van der Waals surface area contributed by atoms with Gasteiger partial charge in [-0.05, 0) is 12.8 Å². The maximum atomic E-state index is 6.00. The third-order valence-corrected chi connectivity index (χ3v) is 31.4. The summed E-state index contributed by atoms with van der Waals surface area (Å²) in [6.07, 6.45) is 4.16. The van der Waals surface area contributed by atoms with E-state index in [0.29, 0.717) is 0 Å². The molecule has 6 heteroatoms. The average molecular weight is 305 g/mol. The molecule has 2 unspecified atom stereocenters. The second-order valence-electron chi connectivity index (χ2n) is 6.58. The molecule has 2 atom stereocenters. The molecule has 0 spiro atoms. The highest BCUT2D eigenvalue weighted by Gasteiger charge is 2.49. The molecule has 2 rings (SSSR count). The summed E-state index contributed by atoms with van der Waals surface area (Å²) in [6, 6.07) is 3.16. The lowest BCUT2D eigenvalue weighted by atomic mass is 10.5. The van der Waals surface area contributed by atoms with Gasteiger partial charge in [0.2, 0.25) is 0 Å². The fourth-order valence-electron chi connectivity index (χ4n) is 4.29. The molecular weight excluding hydrogens is 276 g/mol. The first-order valence-corrected chi connectivity index (χ1v) is 18.6. The van der Waals surface area contributed by atoms with Gasteiger partial charge in [-0.1, -0.05) is 43.7 Å². The molecule has 0 bridgehead atoms. The molecule has 100 valence electrons. The highest BCUT2D eigenvalue weighted by Crippen LogP contribution is 2.41. The van der Waals surface area contributed by atoms with Crippen LogP contribution in [0, 0.1) is 0 Å². The predicted octanol–water partition coefficient (Wildman–Crippen LogP) is 1.46. The lowest BCUT2D eigenvalue weighted by Crippen LogP contribution is -2.61. The Kier molecular flexibility index (Phi) is 4.87. The van der Waals surface area contributed by atoms with Gasteiger partial charge in [0.05, 0.1) is 15.2 Å². The van der Waals surface area contributed by atoms with Gasteiger partial charge in [-0.3, -0.25) is 0 Å². The van der Waals surface area contributed by atoms with Crippen LogP contribution >= 0.6 is 0 Å². The summed E-state index contributed by atoms with van der Waals surface area (Å²) in [6.45, 7) is 9.99. The fourth-order valence-corrected chi connectivity index (χ4v) is 40.7. The summed E-state index contributed by atoms with van der Waals surface area (Å²) in [7, 11) is -2.33. The van der Waals surface area contributed by atoms with Crippen LogP contribution in [0.25, 0.3) is 0 Å². The molecule has 2 heterocycles. The van der Waals surface area contributed by atoms with Crippen LogP contribution in [0.3, 0.4) is 0 Å². The van der Waals surface area contributed by atoms with Crippen molar-refractivity contribution < 1.29 is 8.85 Å². The van der Waals surface area contributed by atoms with E-state index in [1.54, 1.807) is 12.1 Å². The van der Waals surface area contributed by atoms with Crippen LogP contribution in [0.1, 0.15) is 26.2 Å². The van der Waals surface area contributed by atoms with Gasteiger partial charge in [0, 0.05) is 13.2 Å². The Labute approximate surface area is 112 Å². The summed E-state index contributed by atoms with van der Waals surface area (Å²) in [4.78, 5) is 0. The van der Waals surface area contributed by atoms with Gasteiger partial charge in [0.25, 0.3) is 0 Å². The van der Waals surface area contributed by atoms with E-state index >= 15 is 0 Å². The van der Waals surface area contributed by atoms with E-state index in [4.69, 9.17) is 8.85 Å². The van der Waals surface area contributed by atoms with Crippen molar-refractivity contribution in [1.82, 2.24) is 0 Å². The minimum absolute atomic E-state index is 0.174. The largest absolute Gasteiger partial charge is 0.427 e. The highest BCUT2D eigenvalue weighted by atomic mass is 29.2. The molecule has 0 saturated carbocycles. The van der Waals surface area contributed by atoms with Crippen molar-refractivity contribution in [2.24, 2.45) is 0 Å². The molecule has 0 aliphatic carbocycles. The Hall–Kier alpha value is 0.788. The van der Waals surface area contributed by atoms with Crippen molar-refractivity contribution in [3.63, 3.8) is 0 Å². The summed E-state index contributed by atoms with van der Waals surface area (Å²) in [5, 5.41) is 1.13. The van der Waals surface area contributed by atoms with Crippen LogP contribution < -0.4 is 0 Å². The zero-order valence-electron chi connectivity index (χ0n) is 11.8. The van der Waals surface area contributed by atoms with E-state index < -0.39 is 15.2 Å². The molecule has 0 N–H and O–H groups in total. The number of hydrogen-bond acceptors (Lipinski definition) is 2. The van der Waals surface area contributed by atoms with Crippen LogP contribution in [-0.2, 0) is 8.85 Å². The summed E-state index contributed by atoms with van der Waals surface area (Å²) >= 11 is 0. The predicted molar refractivity (Wildman–Crippen MR) is 85.1 cm³/mol. The molecular formula is C11H28O2Si4. The van der Waals surface area contributed by atoms with E-state index in [1.807, 2.05) is 0 Å². The van der Waals surface area contributed by atoms with Crippen LogP contribution in [0.5, 0.6) is 0 Å². The Morgan fingerprint density at radius 1 is 1.00 bits per heavy atom. The first kappa shape index (κ1) is 14.2. The van der Waals surface area contributed by atoms with Gasteiger partial charge in [0.1, 0.15) is 0 Å². The second-order valence-corrected chi connectivity index (χ2v) is 29.0. The minimum atomic E-state index is -0.993. The standard InChI is InChI=1S/C11H28O2Si4/c1-4-11(16(2)9-5-7-12-14-16)17(3)10-6-8-13-15-17/h11H,4-10,14-15H2,1-3H3. The fraction of sp³-hybridized carbons (Fsp3) is 1.00. The molecule has 17 heavy (non-hydrogen) atoms. The van der Waals surface area contributed by atoms with Crippen molar-refractivity contribution >= 4 is 33.7 Å². The molecule has 2 nitrogen and oxygen atoms in total. The quantitative estimate of drug-likeness (QED) is 0.735. The van der Waals surface area contributed by atoms with Gasteiger partial charge < -0.3 is 8.85 Å². The van der Waals surface area contributed by atoms with Crippen LogP contribution in [0.15, 0.2) is 0 Å². The Morgan fingerprint density at radius 2 is 1.47 bits per heavy atom. The molecule has 0 aromatic heterocycles. The topological polar surface area (TPSA) is 18.5 Å². The van der Waals surface area contributed by atoms with Crippen molar-refractivity contribution in [2.45, 2.75) is 56.5 Å². The normalized spacial score (nSPS) is 43.9. The van der Waals surface area contributed by atoms with Gasteiger partial charge >= 0.3 is 0 Å². The van der Waals surface area contributed by atoms with Crippen molar-refractivity contribution in [1.29, 1.82) is 0 Å². The highest BCUT2D eigenvalue weighted by molar-refractivity contribution is 7.35. The molecule has 0 amide bonds. The monoisotopic (exact) mass is 304 g/mol. The van der Waals surface area contributed by atoms with E-state index in [2.05, 4.69) is 20.0 Å². The molecule has 0 aromatic rings. The number of rotatable bonds is 3. The maximum absolute atomic E-state index is 6.00. The average Bonchev–Trinajstić information content (AvgIpc) is 2.31. The molecule has 0 radical (unpaired) electrons. The van der Waals surface area contributed by atoms with Gasteiger partial charge in [-0.2, -0.15) is 0 Å². The lowest BCUT2D eigenvalue weighted by molar-refractivity contribution is 0.330. The Balaban J connectivity index is 2.13. The van der Waals surface area contributed by atoms with Gasteiger partial charge in [0.15, 0.2) is 18.6 Å². The van der Waals surface area contributed by atoms with Crippen LogP contribution in [0.4, 0.5) is 0 Å². The van der Waals surface area contributed by atoms with Crippen LogP contribution in [0.2, 0.25) is 30.3 Å². The van der Waals surface area contributed by atoms with Crippen LogP contribution in [-0.4, -0.2) is 47.0 Å². The molecule has 2 aliphatic heterocycles. The molecule has 0 aromatic carbocycles. The molecule has 2 aliphatic rings. The lowest BCUT2D eigenvalue weighted by Gasteiger charge is -2.48. The minimum Gasteiger partial charge on any atom is -0.427 e. The first-order valence-electron chi connectivity index (χ1n) is 7.26. The zero-order valence-corrected chi connectivity index (χ0v) is 16.6. The summed E-state index contributed by atoms with van der Waals surface area (Å²) < 4.78 is 12.0. The maximum Gasteiger partial charge on any atom is 0.150 e. The Bertz CT molecular complexity index is 226. The van der Waals surface area contributed by atoms with E-state index in [-0.39, 0.29) is 18.6 Å². The summed E-state index contributed by atoms with van der Waals surface area (Å²) in [5.74, 6) is 0. The van der Waals surface area contributed by atoms with Gasteiger partial charge in [-0.25, -0.2) is 0 Å². The number of hydrogen-bond donors (Lipinski definition) is 0.